The smallest absolute Gasteiger partial charge is 0.370 e. The van der Waals surface area contributed by atoms with E-state index in [-0.39, 0.29) is 0 Å². The van der Waals surface area contributed by atoms with Gasteiger partial charge in [0, 0.05) is 12.1 Å². The first kappa shape index (κ1) is 13.5. The van der Waals surface area contributed by atoms with Gasteiger partial charge in [0.1, 0.15) is 0 Å². The van der Waals surface area contributed by atoms with Crippen LogP contribution in [0, 0.1) is 0 Å². The summed E-state index contributed by atoms with van der Waals surface area (Å²) in [5, 5.41) is 18.5. The van der Waals surface area contributed by atoms with E-state index in [1.165, 1.54) is 12.1 Å². The van der Waals surface area contributed by atoms with Gasteiger partial charge < -0.3 is 19.8 Å². The second-order valence-electron chi connectivity index (χ2n) is 3.75. The van der Waals surface area contributed by atoms with Gasteiger partial charge >= 0.3 is 11.9 Å². The van der Waals surface area contributed by atoms with Crippen molar-refractivity contribution in [3.63, 3.8) is 0 Å². The number of hydrogen-bond donors (Lipinski definition) is 2. The van der Waals surface area contributed by atoms with Gasteiger partial charge in [0.25, 0.3) is 0 Å². The highest BCUT2D eigenvalue weighted by atomic mass is 16.7. The molecule has 0 bridgehead atoms. The van der Waals surface area contributed by atoms with Gasteiger partial charge in [-0.25, -0.2) is 9.59 Å². The second-order valence-corrected chi connectivity index (χ2v) is 3.75. The third-order valence-corrected chi connectivity index (χ3v) is 2.32. The Morgan fingerprint density at radius 3 is 2.20 bits per heavy atom. The molecule has 0 radical (unpaired) electrons. The highest BCUT2D eigenvalue weighted by Gasteiger charge is 2.14. The lowest BCUT2D eigenvalue weighted by molar-refractivity contribution is -0.149. The van der Waals surface area contributed by atoms with E-state index in [1.54, 1.807) is 18.2 Å². The van der Waals surface area contributed by atoms with Crippen molar-refractivity contribution in [1.82, 2.24) is 4.73 Å². The number of carbonyl (C=O) groups is 2. The van der Waals surface area contributed by atoms with Crippen LogP contribution in [0.4, 0.5) is 0 Å². The Hall–Kier alpha value is -2.96. The van der Waals surface area contributed by atoms with Gasteiger partial charge in [-0.15, -0.1) is 4.73 Å². The predicted octanol–water partition coefficient (Wildman–Crippen LogP) is 0.712. The molecule has 0 fully saturated rings. The van der Waals surface area contributed by atoms with Crippen molar-refractivity contribution in [3.05, 3.63) is 48.0 Å². The number of ether oxygens (including phenoxy) is 1. The SMILES string of the molecule is O=C(COC(=O)c1ccccc1)On1c(O)ccc1O. The first-order valence-corrected chi connectivity index (χ1v) is 5.61. The van der Waals surface area contributed by atoms with Crippen molar-refractivity contribution in [3.8, 4) is 11.8 Å². The summed E-state index contributed by atoms with van der Waals surface area (Å²) in [6, 6.07) is 10.4. The standard InChI is InChI=1S/C13H11NO6/c15-10-6-7-11(16)14(10)20-12(17)8-19-13(18)9-4-2-1-3-5-9/h1-7,15-16H,8H2. The molecule has 0 unspecified atom stereocenters. The van der Waals surface area contributed by atoms with Crippen LogP contribution in [-0.2, 0) is 9.53 Å². The van der Waals surface area contributed by atoms with E-state index in [4.69, 9.17) is 4.74 Å². The minimum atomic E-state index is -0.948. The van der Waals surface area contributed by atoms with E-state index < -0.39 is 30.3 Å². The molecule has 7 heteroatoms. The highest BCUT2D eigenvalue weighted by molar-refractivity contribution is 5.90. The number of rotatable bonds is 4. The fourth-order valence-corrected chi connectivity index (χ4v) is 1.41. The number of carbonyl (C=O) groups excluding carboxylic acids is 2. The van der Waals surface area contributed by atoms with Gasteiger partial charge in [0.15, 0.2) is 6.61 Å². The van der Waals surface area contributed by atoms with Gasteiger partial charge in [-0.2, -0.15) is 0 Å². The summed E-state index contributed by atoms with van der Waals surface area (Å²) < 4.78 is 5.24. The molecule has 20 heavy (non-hydrogen) atoms. The highest BCUT2D eigenvalue weighted by Crippen LogP contribution is 2.18. The van der Waals surface area contributed by atoms with Crippen molar-refractivity contribution < 1.29 is 29.4 Å². The van der Waals surface area contributed by atoms with Crippen molar-refractivity contribution >= 4 is 11.9 Å². The lowest BCUT2D eigenvalue weighted by atomic mass is 10.2. The van der Waals surface area contributed by atoms with E-state index in [1.807, 2.05) is 0 Å². The largest absolute Gasteiger partial charge is 0.492 e. The number of aromatic hydroxyl groups is 2. The van der Waals surface area contributed by atoms with Crippen molar-refractivity contribution in [2.45, 2.75) is 0 Å². The van der Waals surface area contributed by atoms with E-state index in [2.05, 4.69) is 4.84 Å². The Kier molecular flexibility index (Phi) is 3.90. The first-order valence-electron chi connectivity index (χ1n) is 5.61. The molecule has 2 rings (SSSR count). The lowest BCUT2D eigenvalue weighted by Crippen LogP contribution is -2.25. The van der Waals surface area contributed by atoms with Crippen molar-refractivity contribution in [2.75, 3.05) is 6.61 Å². The maximum absolute atomic E-state index is 11.5. The summed E-state index contributed by atoms with van der Waals surface area (Å²) >= 11 is 0. The minimum absolute atomic E-state index is 0.298. The fraction of sp³-hybridized carbons (Fsp3) is 0.0769. The van der Waals surface area contributed by atoms with Gasteiger partial charge in [-0.1, -0.05) is 18.2 Å². The van der Waals surface area contributed by atoms with Gasteiger partial charge in [-0.05, 0) is 12.1 Å². The first-order chi connectivity index (χ1) is 9.58. The van der Waals surface area contributed by atoms with Gasteiger partial charge in [0.2, 0.25) is 11.8 Å². The topological polar surface area (TPSA) is 98.0 Å². The molecule has 0 aliphatic heterocycles. The van der Waals surface area contributed by atoms with Crippen LogP contribution in [0.2, 0.25) is 0 Å². The van der Waals surface area contributed by atoms with E-state index >= 15 is 0 Å². The third kappa shape index (κ3) is 3.08. The summed E-state index contributed by atoms with van der Waals surface area (Å²) in [5.74, 6) is -2.53. The number of nitrogens with zero attached hydrogens (tertiary/aromatic N) is 1. The fourth-order valence-electron chi connectivity index (χ4n) is 1.41. The summed E-state index contributed by atoms with van der Waals surface area (Å²) in [6.07, 6.45) is 0. The summed E-state index contributed by atoms with van der Waals surface area (Å²) in [7, 11) is 0. The predicted molar refractivity (Wildman–Crippen MR) is 66.1 cm³/mol. The Labute approximate surface area is 113 Å². The second kappa shape index (κ2) is 5.79. The normalized spacial score (nSPS) is 10.0. The Bertz CT molecular complexity index is 600. The van der Waals surface area contributed by atoms with Crippen LogP contribution in [0.5, 0.6) is 11.8 Å². The van der Waals surface area contributed by atoms with Gasteiger partial charge in [0.05, 0.1) is 5.56 Å². The molecule has 104 valence electrons. The molecule has 7 nitrogen and oxygen atoms in total. The molecule has 0 spiro atoms. The molecule has 1 aromatic carbocycles. The molecule has 0 atom stereocenters. The van der Waals surface area contributed by atoms with Crippen LogP contribution in [0.15, 0.2) is 42.5 Å². The van der Waals surface area contributed by atoms with Crippen LogP contribution in [0.25, 0.3) is 0 Å². The molecule has 2 N–H and O–H groups in total. The molecule has 0 saturated heterocycles. The molecule has 0 aliphatic rings. The summed E-state index contributed by atoms with van der Waals surface area (Å²) in [5.41, 5.74) is 0.298. The molecule has 1 heterocycles. The average Bonchev–Trinajstić information content (AvgIpc) is 2.77. The monoisotopic (exact) mass is 277 g/mol. The molecule has 0 saturated carbocycles. The maximum atomic E-state index is 11.5. The molecule has 1 aromatic heterocycles. The minimum Gasteiger partial charge on any atom is -0.492 e. The number of hydrogen-bond acceptors (Lipinski definition) is 6. The summed E-state index contributed by atoms with van der Waals surface area (Å²) in [4.78, 5) is 27.6. The molecule has 0 amide bonds. The van der Waals surface area contributed by atoms with E-state index in [0.717, 1.165) is 12.1 Å². The molecule has 0 aliphatic carbocycles. The number of benzene rings is 1. The zero-order valence-electron chi connectivity index (χ0n) is 10.2. The van der Waals surface area contributed by atoms with Crippen molar-refractivity contribution in [1.29, 1.82) is 0 Å². The average molecular weight is 277 g/mol. The van der Waals surface area contributed by atoms with Crippen LogP contribution in [0.1, 0.15) is 10.4 Å². The third-order valence-electron chi connectivity index (χ3n) is 2.32. The van der Waals surface area contributed by atoms with Crippen LogP contribution in [-0.4, -0.2) is 33.5 Å². The Morgan fingerprint density at radius 2 is 1.60 bits per heavy atom. The number of esters is 1. The van der Waals surface area contributed by atoms with Crippen molar-refractivity contribution in [2.24, 2.45) is 0 Å². The molecule has 2 aromatic rings. The van der Waals surface area contributed by atoms with Crippen LogP contribution >= 0.6 is 0 Å². The van der Waals surface area contributed by atoms with E-state index in [9.17, 15) is 19.8 Å². The van der Waals surface area contributed by atoms with Gasteiger partial charge in [-0.3, -0.25) is 0 Å². The van der Waals surface area contributed by atoms with Crippen LogP contribution < -0.4 is 4.84 Å². The lowest BCUT2D eigenvalue weighted by Gasteiger charge is -2.07. The van der Waals surface area contributed by atoms with Crippen LogP contribution in [0.3, 0.4) is 0 Å². The van der Waals surface area contributed by atoms with E-state index in [0.29, 0.717) is 10.3 Å². The number of aromatic nitrogens is 1. The Morgan fingerprint density at radius 1 is 1.00 bits per heavy atom. The zero-order valence-corrected chi connectivity index (χ0v) is 10.2. The zero-order chi connectivity index (χ0) is 14.5. The Balaban J connectivity index is 1.89. The summed E-state index contributed by atoms with van der Waals surface area (Å²) in [6.45, 7) is -0.648. The quantitative estimate of drug-likeness (QED) is 0.799. The molecular weight excluding hydrogens is 266 g/mol. The molecular formula is C13H11NO6. The maximum Gasteiger partial charge on any atom is 0.370 e.